The van der Waals surface area contributed by atoms with E-state index in [2.05, 4.69) is 15.3 Å². The average Bonchev–Trinajstić information content (AvgIpc) is 3.56. The molecule has 1 saturated carbocycles. The number of amidine groups is 1. The Morgan fingerprint density at radius 1 is 1.26 bits per heavy atom. The quantitative estimate of drug-likeness (QED) is 0.591. The summed E-state index contributed by atoms with van der Waals surface area (Å²) in [6.45, 7) is 1.63. The normalized spacial score (nSPS) is 25.0. The Labute approximate surface area is 203 Å². The van der Waals surface area contributed by atoms with E-state index >= 15 is 4.39 Å². The number of carbonyl (C=O) groups is 3. The second kappa shape index (κ2) is 8.55. The number of hydrogen-bond acceptors (Lipinski definition) is 9. The predicted molar refractivity (Wildman–Crippen MR) is 124 cm³/mol. The largest absolute Gasteiger partial charge is 0.468 e. The van der Waals surface area contributed by atoms with Gasteiger partial charge in [0.05, 0.1) is 30.3 Å². The number of nitrogens with one attached hydrogen (secondary N) is 1. The molecule has 2 aliphatic rings. The third-order valence-electron chi connectivity index (χ3n) is 5.99. The highest BCUT2D eigenvalue weighted by molar-refractivity contribution is 8.15. The van der Waals surface area contributed by atoms with Crippen LogP contribution in [0.2, 0.25) is 5.02 Å². The van der Waals surface area contributed by atoms with Crippen LogP contribution in [0.25, 0.3) is 0 Å². The number of carbonyl (C=O) groups excluding carboxylic acids is 3. The van der Waals surface area contributed by atoms with Gasteiger partial charge in [-0.05, 0) is 37.6 Å². The fraction of sp³-hybridized carbons (Fsp3) is 0.318. The molecule has 1 aromatic carbocycles. The number of fused-ring (bicyclic) bond motifs is 1. The fourth-order valence-electron chi connectivity index (χ4n) is 4.24. The van der Waals surface area contributed by atoms with Gasteiger partial charge in [0.1, 0.15) is 16.3 Å². The number of aromatic nitrogens is 1. The van der Waals surface area contributed by atoms with Crippen LogP contribution in [-0.2, 0) is 19.8 Å². The molecule has 0 unspecified atom stereocenters. The highest BCUT2D eigenvalue weighted by atomic mass is 35.5. The molecule has 2 heterocycles. The van der Waals surface area contributed by atoms with Gasteiger partial charge in [0, 0.05) is 23.4 Å². The smallest absolute Gasteiger partial charge is 0.340 e. The van der Waals surface area contributed by atoms with Crippen molar-refractivity contribution in [1.29, 1.82) is 0 Å². The van der Waals surface area contributed by atoms with E-state index in [1.165, 1.54) is 31.5 Å². The van der Waals surface area contributed by atoms with Crippen molar-refractivity contribution in [3.8, 4) is 0 Å². The van der Waals surface area contributed by atoms with Crippen molar-refractivity contribution in [3.63, 3.8) is 0 Å². The topological polar surface area (TPSA) is 133 Å². The maximum absolute atomic E-state index is 15.7. The second-order valence-electron chi connectivity index (χ2n) is 8.03. The number of benzene rings is 1. The van der Waals surface area contributed by atoms with Gasteiger partial charge in [0.2, 0.25) is 0 Å². The van der Waals surface area contributed by atoms with E-state index < -0.39 is 45.4 Å². The predicted octanol–water partition coefficient (Wildman–Crippen LogP) is 3.12. The van der Waals surface area contributed by atoms with Gasteiger partial charge < -0.3 is 20.5 Å². The first-order valence-electron chi connectivity index (χ1n) is 10.0. The molecule has 34 heavy (non-hydrogen) atoms. The van der Waals surface area contributed by atoms with Crippen LogP contribution in [0.15, 0.2) is 35.5 Å². The molecule has 4 rings (SSSR count). The van der Waals surface area contributed by atoms with Gasteiger partial charge in [-0.15, -0.1) is 0 Å². The van der Waals surface area contributed by atoms with E-state index in [1.54, 1.807) is 6.92 Å². The molecule has 9 nitrogen and oxygen atoms in total. The first kappa shape index (κ1) is 24.0. The molecule has 0 spiro atoms. The van der Waals surface area contributed by atoms with Crippen molar-refractivity contribution in [2.75, 3.05) is 19.5 Å². The summed E-state index contributed by atoms with van der Waals surface area (Å²) in [5, 5.41) is 3.04. The summed E-state index contributed by atoms with van der Waals surface area (Å²) in [6, 6.07) is 5.44. The van der Waals surface area contributed by atoms with E-state index in [0.717, 1.165) is 24.9 Å². The van der Waals surface area contributed by atoms with Crippen LogP contribution in [0.5, 0.6) is 0 Å². The zero-order valence-electron chi connectivity index (χ0n) is 18.3. The summed E-state index contributed by atoms with van der Waals surface area (Å²) in [5.41, 5.74) is 4.46. The minimum absolute atomic E-state index is 0.0196. The van der Waals surface area contributed by atoms with E-state index in [9.17, 15) is 14.4 Å². The molecule has 1 aromatic heterocycles. The molecule has 1 aliphatic heterocycles. The Hall–Kier alpha value is -3.18. The summed E-state index contributed by atoms with van der Waals surface area (Å²) < 4.78 is 24.3. The number of halogens is 2. The zero-order valence-corrected chi connectivity index (χ0v) is 19.9. The fourth-order valence-corrected chi connectivity index (χ4v) is 5.75. The lowest BCUT2D eigenvalue weighted by Crippen LogP contribution is -2.40. The average molecular weight is 507 g/mol. The van der Waals surface area contributed by atoms with E-state index in [1.807, 2.05) is 0 Å². The minimum atomic E-state index is -1.31. The molecule has 2 aromatic rings. The molecule has 0 radical (unpaired) electrons. The number of rotatable bonds is 5. The van der Waals surface area contributed by atoms with E-state index in [-0.39, 0.29) is 22.1 Å². The molecule has 0 bridgehead atoms. The lowest BCUT2D eigenvalue weighted by molar-refractivity contribution is -0.141. The molecular formula is C22H20ClFN4O5S. The molecule has 178 valence electrons. The first-order valence-corrected chi connectivity index (χ1v) is 11.2. The molecule has 1 fully saturated rings. The number of hydrogen-bond donors (Lipinski definition) is 2. The van der Waals surface area contributed by atoms with Crippen molar-refractivity contribution in [3.05, 3.63) is 58.1 Å². The maximum atomic E-state index is 15.7. The molecule has 3 N–H and O–H groups in total. The summed E-state index contributed by atoms with van der Waals surface area (Å²) in [5.74, 6) is -3.37. The Morgan fingerprint density at radius 3 is 2.62 bits per heavy atom. The second-order valence-corrected chi connectivity index (χ2v) is 9.82. The van der Waals surface area contributed by atoms with Gasteiger partial charge in [-0.2, -0.15) is 0 Å². The third kappa shape index (κ3) is 3.88. The van der Waals surface area contributed by atoms with Crippen molar-refractivity contribution >= 4 is 52.1 Å². The van der Waals surface area contributed by atoms with Crippen LogP contribution in [0.4, 0.5) is 10.1 Å². The number of methoxy groups -OCH3 is 2. The Balaban J connectivity index is 1.80. The standard InChI is InChI=1S/C22H20ClFN4O5S/c1-21(15-8-22(15,19(31)33-3)34-20(25)28-21)13-7-11(6-12(16(13)24)18(30)32-2)27-17(29)14-5-4-10(23)9-26-14/h4-7,9,15H,8H2,1-3H3,(H2,25,28)(H,27,29)/t15-,21+,22-/m0/s1. The SMILES string of the molecule is COC(=O)c1cc(NC(=O)c2ccc(Cl)cn2)cc([C@@]2(C)N=C(N)S[C@@]3(C(=O)OC)C[C@H]32)c1F. The van der Waals surface area contributed by atoms with E-state index in [0.29, 0.717) is 11.4 Å². The summed E-state index contributed by atoms with van der Waals surface area (Å²) in [6.07, 6.45) is 1.66. The Bertz CT molecular complexity index is 1240. The number of anilines is 1. The number of nitrogens with zero attached hydrogens (tertiary/aromatic N) is 2. The van der Waals surface area contributed by atoms with Crippen LogP contribution in [-0.4, -0.2) is 47.0 Å². The molecule has 3 atom stereocenters. The number of nitrogens with two attached hydrogens (primary N) is 1. The zero-order chi connectivity index (χ0) is 24.8. The van der Waals surface area contributed by atoms with Crippen LogP contribution < -0.4 is 11.1 Å². The highest BCUT2D eigenvalue weighted by Gasteiger charge is 2.71. The van der Waals surface area contributed by atoms with Crippen molar-refractivity contribution in [2.45, 2.75) is 23.6 Å². The number of pyridine rings is 1. The first-order chi connectivity index (χ1) is 16.1. The van der Waals surface area contributed by atoms with Gasteiger partial charge >= 0.3 is 11.9 Å². The van der Waals surface area contributed by atoms with Crippen molar-refractivity contribution < 1.29 is 28.2 Å². The molecular weight excluding hydrogens is 487 g/mol. The van der Waals surface area contributed by atoms with Crippen molar-refractivity contribution in [1.82, 2.24) is 4.98 Å². The summed E-state index contributed by atoms with van der Waals surface area (Å²) >= 11 is 6.89. The lowest BCUT2D eigenvalue weighted by Gasteiger charge is -2.33. The molecule has 12 heteroatoms. The van der Waals surface area contributed by atoms with Crippen LogP contribution in [0.3, 0.4) is 0 Å². The monoisotopic (exact) mass is 506 g/mol. The number of aliphatic imine (C=N–C) groups is 1. The lowest BCUT2D eigenvalue weighted by atomic mass is 9.84. The van der Waals surface area contributed by atoms with Gasteiger partial charge in [0.25, 0.3) is 5.91 Å². The maximum Gasteiger partial charge on any atom is 0.340 e. The van der Waals surface area contributed by atoms with Gasteiger partial charge in [-0.3, -0.25) is 14.6 Å². The molecule has 1 aliphatic carbocycles. The van der Waals surface area contributed by atoms with Crippen molar-refractivity contribution in [2.24, 2.45) is 16.6 Å². The van der Waals surface area contributed by atoms with Gasteiger partial charge in [-0.1, -0.05) is 23.4 Å². The highest BCUT2D eigenvalue weighted by Crippen LogP contribution is 2.66. The van der Waals surface area contributed by atoms with Gasteiger partial charge in [0.15, 0.2) is 5.17 Å². The number of amides is 1. The third-order valence-corrected chi connectivity index (χ3v) is 7.50. The van der Waals surface area contributed by atoms with Gasteiger partial charge in [-0.25, -0.2) is 14.2 Å². The summed E-state index contributed by atoms with van der Waals surface area (Å²) in [4.78, 5) is 46.0. The van der Waals surface area contributed by atoms with Crippen LogP contribution in [0, 0.1) is 11.7 Å². The van der Waals surface area contributed by atoms with Crippen LogP contribution in [0.1, 0.15) is 39.8 Å². The van der Waals surface area contributed by atoms with E-state index in [4.69, 9.17) is 26.8 Å². The van der Waals surface area contributed by atoms with Crippen LogP contribution >= 0.6 is 23.4 Å². The Morgan fingerprint density at radius 2 is 2.00 bits per heavy atom. The number of thioether (sulfide) groups is 1. The molecule has 1 amide bonds. The summed E-state index contributed by atoms with van der Waals surface area (Å²) in [7, 11) is 2.38. The Kier molecular flexibility index (Phi) is 6.03. The number of esters is 2. The molecule has 0 saturated heterocycles. The number of ether oxygens (including phenoxy) is 2. The minimum Gasteiger partial charge on any atom is -0.468 e.